The van der Waals surface area contributed by atoms with Crippen LogP contribution in [0.2, 0.25) is 0 Å². The van der Waals surface area contributed by atoms with E-state index in [-0.39, 0.29) is 5.69 Å². The fourth-order valence-corrected chi connectivity index (χ4v) is 2.70. The molecule has 116 valence electrons. The van der Waals surface area contributed by atoms with Gasteiger partial charge in [-0.1, -0.05) is 18.2 Å². The third-order valence-electron chi connectivity index (χ3n) is 3.93. The highest BCUT2D eigenvalue weighted by Crippen LogP contribution is 2.12. The van der Waals surface area contributed by atoms with E-state index in [0.29, 0.717) is 17.2 Å². The summed E-state index contributed by atoms with van der Waals surface area (Å²) in [4.78, 5) is 27.2. The largest absolute Gasteiger partial charge is 0.352 e. The summed E-state index contributed by atoms with van der Waals surface area (Å²) in [5.74, 6) is 0.692. The molecule has 2 aromatic heterocycles. The van der Waals surface area contributed by atoms with E-state index in [9.17, 15) is 4.79 Å². The van der Waals surface area contributed by atoms with Gasteiger partial charge in [0.05, 0.1) is 23.6 Å². The van der Waals surface area contributed by atoms with Crippen LogP contribution in [0.15, 0.2) is 47.7 Å². The van der Waals surface area contributed by atoms with E-state index in [4.69, 9.17) is 0 Å². The van der Waals surface area contributed by atoms with Gasteiger partial charge >= 0.3 is 5.69 Å². The van der Waals surface area contributed by atoms with Gasteiger partial charge in [0, 0.05) is 37.8 Å². The Morgan fingerprint density at radius 1 is 1.04 bits per heavy atom. The summed E-state index contributed by atoms with van der Waals surface area (Å²) in [5, 5.41) is 4.20. The molecule has 1 aliphatic rings. The smallest absolute Gasteiger partial charge is 0.338 e. The highest BCUT2D eigenvalue weighted by atomic mass is 16.1. The molecule has 1 aliphatic heterocycles. The van der Waals surface area contributed by atoms with Crippen molar-refractivity contribution in [3.05, 3.63) is 53.3 Å². The quantitative estimate of drug-likeness (QED) is 0.746. The number of nitrogens with zero attached hydrogens (tertiary/aromatic N) is 5. The third kappa shape index (κ3) is 2.66. The number of hydrogen-bond acceptors (Lipinski definition) is 6. The van der Waals surface area contributed by atoms with E-state index in [1.54, 1.807) is 18.6 Å². The van der Waals surface area contributed by atoms with Gasteiger partial charge in [-0.15, -0.1) is 0 Å². The fraction of sp³-hybridized carbons (Fsp3) is 0.250. The zero-order valence-electron chi connectivity index (χ0n) is 12.5. The summed E-state index contributed by atoms with van der Waals surface area (Å²) >= 11 is 0. The van der Waals surface area contributed by atoms with Crippen molar-refractivity contribution in [1.82, 2.24) is 24.8 Å². The molecule has 1 saturated heterocycles. The lowest BCUT2D eigenvalue weighted by Crippen LogP contribution is -2.44. The molecule has 1 N–H and O–H groups in total. The van der Waals surface area contributed by atoms with Crippen LogP contribution in [0.3, 0.4) is 0 Å². The molecule has 4 rings (SSSR count). The first-order valence-electron chi connectivity index (χ1n) is 7.58. The van der Waals surface area contributed by atoms with Gasteiger partial charge in [0.2, 0.25) is 5.95 Å². The van der Waals surface area contributed by atoms with E-state index in [2.05, 4.69) is 25.2 Å². The predicted octanol–water partition coefficient (Wildman–Crippen LogP) is 0.585. The van der Waals surface area contributed by atoms with Crippen LogP contribution in [0.1, 0.15) is 0 Å². The van der Waals surface area contributed by atoms with Gasteiger partial charge in [0.1, 0.15) is 0 Å². The van der Waals surface area contributed by atoms with Crippen molar-refractivity contribution in [1.29, 1.82) is 0 Å². The van der Waals surface area contributed by atoms with Crippen molar-refractivity contribution in [2.75, 3.05) is 31.1 Å². The lowest BCUT2D eigenvalue weighted by molar-refractivity contribution is 0.579. The Bertz CT molecular complexity index is 883. The molecule has 0 unspecified atom stereocenters. The molecule has 0 amide bonds. The topological polar surface area (TPSA) is 75.9 Å². The van der Waals surface area contributed by atoms with Crippen LogP contribution in [0.5, 0.6) is 0 Å². The van der Waals surface area contributed by atoms with Crippen LogP contribution >= 0.6 is 0 Å². The Labute approximate surface area is 132 Å². The van der Waals surface area contributed by atoms with E-state index < -0.39 is 0 Å². The second-order valence-corrected chi connectivity index (χ2v) is 5.43. The molecular weight excluding hydrogens is 292 g/mol. The highest BCUT2D eigenvalue weighted by Gasteiger charge is 2.13. The number of rotatable bonds is 2. The maximum atomic E-state index is 12.2. The van der Waals surface area contributed by atoms with Crippen molar-refractivity contribution in [3.63, 3.8) is 0 Å². The molecule has 0 radical (unpaired) electrons. The normalized spacial score (nSPS) is 15.0. The molecule has 0 saturated carbocycles. The van der Waals surface area contributed by atoms with Crippen molar-refractivity contribution in [2.24, 2.45) is 0 Å². The Hall–Kier alpha value is -2.80. The highest BCUT2D eigenvalue weighted by molar-refractivity contribution is 5.77. The molecule has 0 aliphatic carbocycles. The minimum atomic E-state index is -0.331. The van der Waals surface area contributed by atoms with Gasteiger partial charge in [0.15, 0.2) is 0 Å². The number of piperazine rings is 1. The first-order chi connectivity index (χ1) is 11.3. The zero-order chi connectivity index (χ0) is 15.6. The van der Waals surface area contributed by atoms with Crippen molar-refractivity contribution < 1.29 is 0 Å². The summed E-state index contributed by atoms with van der Waals surface area (Å²) in [7, 11) is 0. The Balaban J connectivity index is 1.70. The number of fused-ring (bicyclic) bond motifs is 1. The average Bonchev–Trinajstić information content (AvgIpc) is 2.62. The number of benzene rings is 1. The second-order valence-electron chi connectivity index (χ2n) is 5.43. The number of nitrogens with one attached hydrogen (secondary N) is 1. The Morgan fingerprint density at radius 2 is 1.78 bits per heavy atom. The molecule has 7 heteroatoms. The summed E-state index contributed by atoms with van der Waals surface area (Å²) in [5.41, 5.74) is 0.974. The maximum Gasteiger partial charge on any atom is 0.352 e. The SMILES string of the molecule is O=c1nc2ccccc2cn1-c1cnc(N2CCNCC2)nc1. The summed E-state index contributed by atoms with van der Waals surface area (Å²) < 4.78 is 1.48. The van der Waals surface area contributed by atoms with Gasteiger partial charge in [0.25, 0.3) is 0 Å². The van der Waals surface area contributed by atoms with Crippen LogP contribution in [0, 0.1) is 0 Å². The standard InChI is InChI=1S/C16H16N6O/c23-16-20-14-4-2-1-3-12(14)11-22(16)13-9-18-15(19-10-13)21-7-5-17-6-8-21/h1-4,9-11,17H,5-8H2. The first-order valence-corrected chi connectivity index (χ1v) is 7.58. The fourth-order valence-electron chi connectivity index (χ4n) is 2.70. The summed E-state index contributed by atoms with van der Waals surface area (Å²) in [6.45, 7) is 3.63. The van der Waals surface area contributed by atoms with Crippen molar-refractivity contribution in [2.45, 2.75) is 0 Å². The molecule has 0 spiro atoms. The first kappa shape index (κ1) is 13.8. The van der Waals surface area contributed by atoms with Crippen molar-refractivity contribution >= 4 is 16.9 Å². The molecule has 1 fully saturated rings. The molecule has 0 bridgehead atoms. The molecule has 3 heterocycles. The molecule has 0 atom stereocenters. The second kappa shape index (κ2) is 5.77. The average molecular weight is 308 g/mol. The van der Waals surface area contributed by atoms with Crippen LogP contribution < -0.4 is 15.9 Å². The number of aromatic nitrogens is 4. The predicted molar refractivity (Wildman–Crippen MR) is 88.0 cm³/mol. The number of para-hydroxylation sites is 1. The molecule has 23 heavy (non-hydrogen) atoms. The third-order valence-corrected chi connectivity index (χ3v) is 3.93. The van der Waals surface area contributed by atoms with Gasteiger partial charge < -0.3 is 10.2 Å². The number of hydrogen-bond donors (Lipinski definition) is 1. The van der Waals surface area contributed by atoms with E-state index in [1.807, 2.05) is 24.3 Å². The summed E-state index contributed by atoms with van der Waals surface area (Å²) in [6.07, 6.45) is 5.11. The lowest BCUT2D eigenvalue weighted by Gasteiger charge is -2.27. The van der Waals surface area contributed by atoms with Crippen LogP contribution in [-0.4, -0.2) is 45.7 Å². The minimum absolute atomic E-state index is 0.331. The Kier molecular flexibility index (Phi) is 3.47. The zero-order valence-corrected chi connectivity index (χ0v) is 12.5. The molecule has 3 aromatic rings. The summed E-state index contributed by atoms with van der Waals surface area (Å²) in [6, 6.07) is 7.53. The van der Waals surface area contributed by atoms with E-state index >= 15 is 0 Å². The monoisotopic (exact) mass is 308 g/mol. The number of anilines is 1. The molecular formula is C16H16N6O. The maximum absolute atomic E-state index is 12.2. The van der Waals surface area contributed by atoms with Gasteiger partial charge in [-0.25, -0.2) is 14.8 Å². The lowest BCUT2D eigenvalue weighted by atomic mass is 10.2. The van der Waals surface area contributed by atoms with Crippen LogP contribution in [-0.2, 0) is 0 Å². The van der Waals surface area contributed by atoms with E-state index in [1.165, 1.54) is 4.57 Å². The minimum Gasteiger partial charge on any atom is -0.338 e. The van der Waals surface area contributed by atoms with Crippen LogP contribution in [0.4, 0.5) is 5.95 Å². The van der Waals surface area contributed by atoms with Gasteiger partial charge in [-0.05, 0) is 6.07 Å². The van der Waals surface area contributed by atoms with Gasteiger partial charge in [-0.3, -0.25) is 4.57 Å². The molecule has 7 nitrogen and oxygen atoms in total. The molecule has 1 aromatic carbocycles. The van der Waals surface area contributed by atoms with Gasteiger partial charge in [-0.2, -0.15) is 4.98 Å². The van der Waals surface area contributed by atoms with Crippen molar-refractivity contribution in [3.8, 4) is 5.69 Å². The Morgan fingerprint density at radius 3 is 2.57 bits per heavy atom. The van der Waals surface area contributed by atoms with E-state index in [0.717, 1.165) is 31.6 Å². The van der Waals surface area contributed by atoms with Crippen LogP contribution in [0.25, 0.3) is 16.6 Å².